The van der Waals surface area contributed by atoms with Gasteiger partial charge in [0.1, 0.15) is 5.75 Å². The summed E-state index contributed by atoms with van der Waals surface area (Å²) in [5.74, 6) is 0.434. The third-order valence-corrected chi connectivity index (χ3v) is 15.0. The number of hydrogen-bond donors (Lipinski definition) is 1. The predicted octanol–water partition coefficient (Wildman–Crippen LogP) is 3.42. The van der Waals surface area contributed by atoms with Gasteiger partial charge in [0, 0.05) is 37.0 Å². The standard InChI is InChI=1S/C35H43N3O7Si/c1-22-32(46(5,6)26-14-12-25(43-3)13-15-26)30(20-31(40)37-17-7-9-24(37)21-39)45-35(22)27-19-23(11-16-28(27)36(2)34(35)42)38-18-8-10-29(44-4)33(38)41/h8,10-16,18-19,22,24,30,32,39H,7,9,17,20-21H2,1-6H3/t22-,24-,30+,32-,35+/m0/s1. The number of benzene rings is 2. The molecule has 0 saturated carbocycles. The lowest BCUT2D eigenvalue weighted by molar-refractivity contribution is -0.149. The van der Waals surface area contributed by atoms with Gasteiger partial charge in [0.25, 0.3) is 11.5 Å². The van der Waals surface area contributed by atoms with Gasteiger partial charge in [-0.2, -0.15) is 0 Å². The molecule has 46 heavy (non-hydrogen) atoms. The van der Waals surface area contributed by atoms with Gasteiger partial charge in [-0.05, 0) is 60.8 Å². The lowest BCUT2D eigenvalue weighted by Crippen LogP contribution is -2.52. The number of pyridine rings is 1. The summed E-state index contributed by atoms with van der Waals surface area (Å²) in [6.07, 6.45) is 2.86. The van der Waals surface area contributed by atoms with Crippen molar-refractivity contribution in [2.45, 2.75) is 62.6 Å². The molecule has 0 radical (unpaired) electrons. The third kappa shape index (κ3) is 4.87. The first kappa shape index (κ1) is 32.0. The molecule has 0 bridgehead atoms. The number of aromatic nitrogens is 1. The molecule has 11 heteroatoms. The number of carbonyl (C=O) groups is 2. The smallest absolute Gasteiger partial charge is 0.297 e. The predicted molar refractivity (Wildman–Crippen MR) is 178 cm³/mol. The number of aliphatic hydroxyl groups excluding tert-OH is 1. The molecule has 0 aliphatic carbocycles. The molecule has 2 fully saturated rings. The highest BCUT2D eigenvalue weighted by Gasteiger charge is 2.66. The summed E-state index contributed by atoms with van der Waals surface area (Å²) in [7, 11) is 2.40. The third-order valence-electron chi connectivity index (χ3n) is 10.6. The van der Waals surface area contributed by atoms with E-state index in [0.717, 1.165) is 18.6 Å². The molecule has 2 saturated heterocycles. The van der Waals surface area contributed by atoms with Gasteiger partial charge >= 0.3 is 0 Å². The highest BCUT2D eigenvalue weighted by Crippen LogP contribution is 2.60. The lowest BCUT2D eigenvalue weighted by atomic mass is 9.82. The molecule has 1 aromatic heterocycles. The van der Waals surface area contributed by atoms with E-state index < -0.39 is 19.8 Å². The van der Waals surface area contributed by atoms with E-state index in [9.17, 15) is 19.5 Å². The number of likely N-dealkylation sites (tertiary alicyclic amines) is 1. The second kappa shape index (κ2) is 12.0. The van der Waals surface area contributed by atoms with Crippen LogP contribution in [0.3, 0.4) is 0 Å². The van der Waals surface area contributed by atoms with Gasteiger partial charge in [-0.25, -0.2) is 0 Å². The number of methoxy groups -OCH3 is 2. The number of fused-ring (bicyclic) bond motifs is 2. The number of hydrogen-bond acceptors (Lipinski definition) is 7. The SMILES string of the molecule is COc1ccc([Si](C)(C)[C@@H]2[C@@H](CC(=O)N3CCC[C@H]3CO)O[C@]3(C(=O)N(C)c4ccc(-n5cccc(OC)c5=O)cc43)[C@H]2C)cc1. The molecule has 1 N–H and O–H groups in total. The average Bonchev–Trinajstić information content (AvgIpc) is 3.72. The quantitative estimate of drug-likeness (QED) is 0.374. The van der Waals surface area contributed by atoms with Crippen LogP contribution >= 0.6 is 0 Å². The molecule has 244 valence electrons. The van der Waals surface area contributed by atoms with Crippen LogP contribution in [-0.4, -0.2) is 81.0 Å². The second-order valence-electron chi connectivity index (χ2n) is 13.2. The summed E-state index contributed by atoms with van der Waals surface area (Å²) >= 11 is 0. The van der Waals surface area contributed by atoms with Crippen LogP contribution in [0.1, 0.15) is 31.7 Å². The lowest BCUT2D eigenvalue weighted by Gasteiger charge is -2.37. The molecule has 5 atom stereocenters. The van der Waals surface area contributed by atoms with Gasteiger partial charge in [-0.1, -0.05) is 37.3 Å². The van der Waals surface area contributed by atoms with Crippen LogP contribution < -0.4 is 25.1 Å². The minimum Gasteiger partial charge on any atom is -0.497 e. The zero-order valence-corrected chi connectivity index (χ0v) is 28.4. The van der Waals surface area contributed by atoms with E-state index in [0.29, 0.717) is 23.5 Å². The molecule has 10 nitrogen and oxygen atoms in total. The van der Waals surface area contributed by atoms with Crippen molar-refractivity contribution in [3.63, 3.8) is 0 Å². The van der Waals surface area contributed by atoms with Crippen molar-refractivity contribution in [3.8, 4) is 17.2 Å². The Bertz CT molecular complexity index is 1710. The number of rotatable bonds is 8. The Morgan fingerprint density at radius 1 is 1.09 bits per heavy atom. The molecule has 1 spiro atoms. The van der Waals surface area contributed by atoms with Crippen LogP contribution in [-0.2, 0) is 19.9 Å². The highest BCUT2D eigenvalue weighted by molar-refractivity contribution is 6.91. The summed E-state index contributed by atoms with van der Waals surface area (Å²) in [5.41, 5.74) is 0.212. The maximum Gasteiger partial charge on any atom is 0.297 e. The van der Waals surface area contributed by atoms with E-state index in [1.165, 1.54) is 16.9 Å². The summed E-state index contributed by atoms with van der Waals surface area (Å²) in [4.78, 5) is 45.0. The van der Waals surface area contributed by atoms with Crippen molar-refractivity contribution in [2.75, 3.05) is 39.3 Å². The molecule has 3 aromatic rings. The van der Waals surface area contributed by atoms with Crippen LogP contribution in [0.5, 0.6) is 11.5 Å². The fraction of sp³-hybridized carbons (Fsp3) is 0.457. The number of likely N-dealkylation sites (N-methyl/N-ethyl adjacent to an activating group) is 1. The Balaban J connectivity index is 1.48. The molecule has 3 aliphatic rings. The monoisotopic (exact) mass is 645 g/mol. The molecular formula is C35H43N3O7Si. The number of anilines is 1. The van der Waals surface area contributed by atoms with Gasteiger partial charge in [-0.15, -0.1) is 0 Å². The summed E-state index contributed by atoms with van der Waals surface area (Å²) in [6.45, 7) is 7.16. The van der Waals surface area contributed by atoms with Crippen LogP contribution in [0.2, 0.25) is 18.6 Å². The molecule has 2 aromatic carbocycles. The van der Waals surface area contributed by atoms with Crippen LogP contribution in [0.4, 0.5) is 5.69 Å². The molecule has 6 rings (SSSR count). The maximum absolute atomic E-state index is 14.5. The van der Waals surface area contributed by atoms with Gasteiger partial charge in [-0.3, -0.25) is 19.0 Å². The zero-order chi connectivity index (χ0) is 33.0. The molecule has 0 unspecified atom stereocenters. The number of amides is 2. The van der Waals surface area contributed by atoms with E-state index in [2.05, 4.69) is 32.2 Å². The van der Waals surface area contributed by atoms with Crippen molar-refractivity contribution in [3.05, 3.63) is 76.7 Å². The van der Waals surface area contributed by atoms with Gasteiger partial charge in [0.2, 0.25) is 5.91 Å². The Morgan fingerprint density at radius 2 is 1.83 bits per heavy atom. The minimum atomic E-state index is -2.45. The van der Waals surface area contributed by atoms with E-state index in [4.69, 9.17) is 14.2 Å². The number of carbonyl (C=O) groups excluding carboxylic acids is 2. The van der Waals surface area contributed by atoms with Crippen molar-refractivity contribution >= 4 is 30.8 Å². The first-order valence-corrected chi connectivity index (χ1v) is 19.0. The summed E-state index contributed by atoms with van der Waals surface area (Å²) in [5, 5.41) is 11.1. The minimum absolute atomic E-state index is 0.0639. The normalized spacial score (nSPS) is 25.8. The Hall–Kier alpha value is -3.93. The number of nitrogens with zero attached hydrogens (tertiary/aromatic N) is 3. The maximum atomic E-state index is 14.5. The Labute approximate surface area is 270 Å². The summed E-state index contributed by atoms with van der Waals surface area (Å²) < 4.78 is 19.3. The average molecular weight is 646 g/mol. The van der Waals surface area contributed by atoms with Crippen molar-refractivity contribution in [1.82, 2.24) is 9.47 Å². The second-order valence-corrected chi connectivity index (χ2v) is 17.9. The van der Waals surface area contributed by atoms with Gasteiger partial charge in [0.05, 0.1) is 53.2 Å². The Morgan fingerprint density at radius 3 is 2.50 bits per heavy atom. The van der Waals surface area contributed by atoms with Gasteiger partial charge in [0.15, 0.2) is 11.4 Å². The molecular weight excluding hydrogens is 602 g/mol. The Kier molecular flexibility index (Phi) is 8.37. The largest absolute Gasteiger partial charge is 0.497 e. The first-order valence-electron chi connectivity index (χ1n) is 15.9. The topological polar surface area (TPSA) is 111 Å². The fourth-order valence-electron chi connectivity index (χ4n) is 8.23. The van der Waals surface area contributed by atoms with E-state index in [1.54, 1.807) is 42.3 Å². The summed E-state index contributed by atoms with van der Waals surface area (Å²) in [6, 6.07) is 16.8. The molecule has 3 aliphatic heterocycles. The van der Waals surface area contributed by atoms with Crippen LogP contribution in [0.15, 0.2) is 65.6 Å². The number of aliphatic hydroxyl groups is 1. The van der Waals surface area contributed by atoms with Crippen LogP contribution in [0, 0.1) is 5.92 Å². The van der Waals surface area contributed by atoms with Crippen molar-refractivity contribution in [1.29, 1.82) is 0 Å². The highest BCUT2D eigenvalue weighted by atomic mass is 28.3. The van der Waals surface area contributed by atoms with E-state index in [1.807, 2.05) is 30.3 Å². The number of ether oxygens (including phenoxy) is 3. The fourth-order valence-corrected chi connectivity index (χ4v) is 12.2. The van der Waals surface area contributed by atoms with E-state index >= 15 is 0 Å². The van der Waals surface area contributed by atoms with E-state index in [-0.39, 0.29) is 53.7 Å². The molecule has 2 amide bonds. The van der Waals surface area contributed by atoms with Gasteiger partial charge < -0.3 is 29.1 Å². The molecule has 4 heterocycles. The van der Waals surface area contributed by atoms with Crippen molar-refractivity contribution in [2.24, 2.45) is 5.92 Å². The van der Waals surface area contributed by atoms with Crippen molar-refractivity contribution < 1.29 is 28.9 Å². The van der Waals surface area contributed by atoms with Crippen LogP contribution in [0.25, 0.3) is 5.69 Å². The first-order chi connectivity index (χ1) is 22.0. The zero-order valence-electron chi connectivity index (χ0n) is 27.4.